The van der Waals surface area contributed by atoms with Gasteiger partial charge in [-0.15, -0.1) is 0 Å². The zero-order chi connectivity index (χ0) is 20.4. The molecule has 0 bridgehead atoms. The van der Waals surface area contributed by atoms with Crippen molar-refractivity contribution < 1.29 is 22.6 Å². The van der Waals surface area contributed by atoms with Crippen LogP contribution < -0.4 is 0 Å². The molecule has 0 aliphatic carbocycles. The van der Waals surface area contributed by atoms with Crippen LogP contribution in [0.3, 0.4) is 0 Å². The smallest absolute Gasteiger partial charge is 0.201 e. The summed E-state index contributed by atoms with van der Waals surface area (Å²) in [4.78, 5) is 4.79. The van der Waals surface area contributed by atoms with Gasteiger partial charge in [-0.25, -0.2) is 13.2 Å². The van der Waals surface area contributed by atoms with Gasteiger partial charge in [0.25, 0.3) is 0 Å². The molecule has 1 fully saturated rings. The molecule has 1 aliphatic rings. The number of benzene rings is 2. The molecule has 0 amide bonds. The molecule has 2 heterocycles. The molecule has 3 aromatic rings. The van der Waals surface area contributed by atoms with Crippen LogP contribution in [0.1, 0.15) is 23.1 Å². The van der Waals surface area contributed by atoms with E-state index >= 15 is 4.39 Å². The molecule has 8 heteroatoms. The van der Waals surface area contributed by atoms with Crippen LogP contribution in [0.15, 0.2) is 58.5 Å². The Morgan fingerprint density at radius 1 is 1.00 bits per heavy atom. The van der Waals surface area contributed by atoms with E-state index in [1.165, 1.54) is 6.07 Å². The standard InChI is InChI=1S/C21H15ClF3NO2S/c22-14-1-3-16(4-2-14)29-19-10-15(23)8-13(20(19)25)7-12-9-18(26-11-17(12)24)21-27-5-6-28-21/h1-4,8-11,21H,5-7H2. The summed E-state index contributed by atoms with van der Waals surface area (Å²) in [6.07, 6.45) is 0.227. The topological polar surface area (TPSA) is 31.4 Å². The van der Waals surface area contributed by atoms with Crippen LogP contribution in [0, 0.1) is 17.5 Å². The predicted molar refractivity (Wildman–Crippen MR) is 104 cm³/mol. The van der Waals surface area contributed by atoms with Crippen LogP contribution in [-0.4, -0.2) is 18.2 Å². The van der Waals surface area contributed by atoms with Crippen molar-refractivity contribution in [2.24, 2.45) is 0 Å². The molecule has 1 aliphatic heterocycles. The van der Waals surface area contributed by atoms with Crippen LogP contribution in [0.2, 0.25) is 5.02 Å². The van der Waals surface area contributed by atoms with Gasteiger partial charge >= 0.3 is 0 Å². The molecule has 0 radical (unpaired) electrons. The van der Waals surface area contributed by atoms with Crippen LogP contribution in [-0.2, 0) is 15.9 Å². The third-order valence-electron chi connectivity index (χ3n) is 4.32. The van der Waals surface area contributed by atoms with Crippen molar-refractivity contribution in [3.05, 3.63) is 88.0 Å². The minimum absolute atomic E-state index is 0.0470. The van der Waals surface area contributed by atoms with Crippen LogP contribution in [0.4, 0.5) is 13.2 Å². The fraction of sp³-hybridized carbons (Fsp3) is 0.190. The average molecular weight is 438 g/mol. The number of halogens is 4. The van der Waals surface area contributed by atoms with Gasteiger partial charge in [0.15, 0.2) is 0 Å². The number of nitrogens with zero attached hydrogens (tertiary/aromatic N) is 1. The molecule has 1 saturated heterocycles. The van der Waals surface area contributed by atoms with Crippen molar-refractivity contribution in [1.29, 1.82) is 0 Å². The Hall–Kier alpha value is -2.06. The van der Waals surface area contributed by atoms with E-state index in [1.54, 1.807) is 24.3 Å². The first kappa shape index (κ1) is 20.2. The van der Waals surface area contributed by atoms with Crippen LogP contribution in [0.5, 0.6) is 0 Å². The van der Waals surface area contributed by atoms with E-state index in [0.29, 0.717) is 28.8 Å². The Labute approximate surface area is 174 Å². The highest BCUT2D eigenvalue weighted by molar-refractivity contribution is 7.99. The van der Waals surface area contributed by atoms with Crippen molar-refractivity contribution in [2.45, 2.75) is 22.5 Å². The van der Waals surface area contributed by atoms with E-state index in [-0.39, 0.29) is 22.4 Å². The van der Waals surface area contributed by atoms with E-state index in [9.17, 15) is 8.78 Å². The fourth-order valence-corrected chi connectivity index (χ4v) is 3.99. The first-order valence-corrected chi connectivity index (χ1v) is 9.98. The lowest BCUT2D eigenvalue weighted by Gasteiger charge is -2.12. The molecule has 0 N–H and O–H groups in total. The van der Waals surface area contributed by atoms with Gasteiger partial charge in [0.05, 0.1) is 30.0 Å². The summed E-state index contributed by atoms with van der Waals surface area (Å²) in [6.45, 7) is 0.839. The minimum atomic E-state index is -0.678. The van der Waals surface area contributed by atoms with Gasteiger partial charge in [-0.05, 0) is 53.6 Å². The number of rotatable bonds is 5. The molecule has 1 aromatic heterocycles. The summed E-state index contributed by atoms with van der Waals surface area (Å²) in [5.74, 6) is -1.81. The SMILES string of the molecule is Fc1cc(Cc2cc(C3OCCO3)ncc2F)c(F)c(Sc2ccc(Cl)cc2)c1. The molecule has 2 aromatic carbocycles. The largest absolute Gasteiger partial charge is 0.345 e. The molecular weight excluding hydrogens is 423 g/mol. The van der Waals surface area contributed by atoms with E-state index < -0.39 is 23.7 Å². The second-order valence-electron chi connectivity index (χ2n) is 6.38. The highest BCUT2D eigenvalue weighted by atomic mass is 35.5. The van der Waals surface area contributed by atoms with Crippen molar-refractivity contribution in [3.63, 3.8) is 0 Å². The van der Waals surface area contributed by atoms with Gasteiger partial charge in [-0.3, -0.25) is 4.98 Å². The first-order chi connectivity index (χ1) is 14.0. The lowest BCUT2D eigenvalue weighted by atomic mass is 10.0. The number of aromatic nitrogens is 1. The molecule has 29 heavy (non-hydrogen) atoms. The summed E-state index contributed by atoms with van der Waals surface area (Å²) in [5, 5.41) is 0.550. The van der Waals surface area contributed by atoms with Gasteiger partial charge in [0, 0.05) is 16.3 Å². The molecule has 0 unspecified atom stereocenters. The van der Waals surface area contributed by atoms with E-state index in [4.69, 9.17) is 21.1 Å². The summed E-state index contributed by atoms with van der Waals surface area (Å²) < 4.78 is 54.2. The Morgan fingerprint density at radius 2 is 1.72 bits per heavy atom. The van der Waals surface area contributed by atoms with E-state index in [1.807, 2.05) is 0 Å². The van der Waals surface area contributed by atoms with Gasteiger partial charge in [0.2, 0.25) is 6.29 Å². The molecule has 4 rings (SSSR count). The maximum Gasteiger partial charge on any atom is 0.201 e. The lowest BCUT2D eigenvalue weighted by molar-refractivity contribution is -0.0474. The lowest BCUT2D eigenvalue weighted by Crippen LogP contribution is -2.05. The third kappa shape index (κ3) is 4.75. The number of hydrogen-bond acceptors (Lipinski definition) is 4. The molecule has 0 spiro atoms. The number of ether oxygens (including phenoxy) is 2. The second kappa shape index (κ2) is 8.75. The molecule has 3 nitrogen and oxygen atoms in total. The number of hydrogen-bond donors (Lipinski definition) is 0. The van der Waals surface area contributed by atoms with Crippen LogP contribution >= 0.6 is 23.4 Å². The molecule has 0 atom stereocenters. The maximum absolute atomic E-state index is 15.0. The van der Waals surface area contributed by atoms with Crippen LogP contribution in [0.25, 0.3) is 0 Å². The Bertz CT molecular complexity index is 1030. The summed E-state index contributed by atoms with van der Waals surface area (Å²) in [7, 11) is 0. The minimum Gasteiger partial charge on any atom is -0.345 e. The molecule has 0 saturated carbocycles. The maximum atomic E-state index is 15.0. The molecule has 150 valence electrons. The van der Waals surface area contributed by atoms with Crippen molar-refractivity contribution >= 4 is 23.4 Å². The zero-order valence-electron chi connectivity index (χ0n) is 15.0. The highest BCUT2D eigenvalue weighted by Gasteiger charge is 2.22. The molecular formula is C21H15ClF3NO2S. The average Bonchev–Trinajstić information content (AvgIpc) is 3.23. The van der Waals surface area contributed by atoms with Crippen molar-refractivity contribution in [2.75, 3.05) is 13.2 Å². The number of pyridine rings is 1. The van der Waals surface area contributed by atoms with Crippen molar-refractivity contribution in [3.8, 4) is 0 Å². The highest BCUT2D eigenvalue weighted by Crippen LogP contribution is 2.34. The Balaban J connectivity index is 1.62. The van der Waals surface area contributed by atoms with Gasteiger partial charge < -0.3 is 9.47 Å². The zero-order valence-corrected chi connectivity index (χ0v) is 16.6. The summed E-state index contributed by atoms with van der Waals surface area (Å²) >= 11 is 6.93. The van der Waals surface area contributed by atoms with Gasteiger partial charge in [0.1, 0.15) is 17.5 Å². The first-order valence-electron chi connectivity index (χ1n) is 8.78. The normalized spacial score (nSPS) is 14.5. The summed E-state index contributed by atoms with van der Waals surface area (Å²) in [5.41, 5.74) is 0.623. The van der Waals surface area contributed by atoms with E-state index in [2.05, 4.69) is 4.98 Å². The second-order valence-corrected chi connectivity index (χ2v) is 7.94. The Kier molecular flexibility index (Phi) is 6.10. The monoisotopic (exact) mass is 437 g/mol. The quantitative estimate of drug-likeness (QED) is 0.494. The van der Waals surface area contributed by atoms with E-state index in [0.717, 1.165) is 30.1 Å². The third-order valence-corrected chi connectivity index (χ3v) is 5.60. The van der Waals surface area contributed by atoms with Crippen molar-refractivity contribution in [1.82, 2.24) is 4.98 Å². The fourth-order valence-electron chi connectivity index (χ4n) is 2.95. The van der Waals surface area contributed by atoms with Gasteiger partial charge in [-0.2, -0.15) is 0 Å². The predicted octanol–water partition coefficient (Wildman–Crippen LogP) is 5.94. The Morgan fingerprint density at radius 3 is 2.45 bits per heavy atom. The van der Waals surface area contributed by atoms with Gasteiger partial charge in [-0.1, -0.05) is 23.4 Å². The summed E-state index contributed by atoms with van der Waals surface area (Å²) in [6, 6.07) is 10.4.